The lowest BCUT2D eigenvalue weighted by molar-refractivity contribution is 0.569. The summed E-state index contributed by atoms with van der Waals surface area (Å²) in [7, 11) is -0.630. The van der Waals surface area contributed by atoms with Crippen LogP contribution in [-0.4, -0.2) is 40.3 Å². The zero-order valence-corrected chi connectivity index (χ0v) is 12.6. The Morgan fingerprint density at radius 2 is 2.16 bits per heavy atom. The van der Waals surface area contributed by atoms with E-state index in [1.807, 2.05) is 6.20 Å². The molecule has 1 N–H and O–H groups in total. The van der Waals surface area contributed by atoms with Crippen LogP contribution in [0.25, 0.3) is 0 Å². The Hall–Kier alpha value is -0.940. The van der Waals surface area contributed by atoms with Crippen molar-refractivity contribution in [3.8, 4) is 0 Å². The molecule has 1 aromatic heterocycles. The molecule has 0 amide bonds. The fourth-order valence-corrected chi connectivity index (χ4v) is 3.24. The molecule has 106 valence electrons. The van der Waals surface area contributed by atoms with E-state index in [2.05, 4.69) is 41.2 Å². The molecule has 0 bridgehead atoms. The second-order valence-corrected chi connectivity index (χ2v) is 6.66. The van der Waals surface area contributed by atoms with Crippen molar-refractivity contribution < 1.29 is 4.21 Å². The molecule has 1 atom stereocenters. The highest BCUT2D eigenvalue weighted by Gasteiger charge is 2.16. The topological polar surface area (TPSA) is 45.2 Å². The van der Waals surface area contributed by atoms with Crippen molar-refractivity contribution in [2.45, 2.75) is 26.3 Å². The molecule has 1 aliphatic heterocycles. The standard InChI is InChI=1S/C14H23N3OS/c1-3-6-15-12(2)13-4-5-14(16-11-13)17-7-9-19(18)10-8-17/h4-5,11-12,15H,3,6-10H2,1-2H3. The van der Waals surface area contributed by atoms with Gasteiger partial charge in [0, 0.05) is 47.6 Å². The predicted octanol–water partition coefficient (Wildman–Crippen LogP) is 1.71. The first kappa shape index (κ1) is 14.5. The summed E-state index contributed by atoms with van der Waals surface area (Å²) in [4.78, 5) is 6.76. The molecule has 5 heteroatoms. The number of hydrogen-bond acceptors (Lipinski definition) is 4. The van der Waals surface area contributed by atoms with Crippen molar-refractivity contribution >= 4 is 16.6 Å². The summed E-state index contributed by atoms with van der Waals surface area (Å²) in [6.07, 6.45) is 3.09. The number of rotatable bonds is 5. The second-order valence-electron chi connectivity index (χ2n) is 4.96. The fraction of sp³-hybridized carbons (Fsp3) is 0.643. The molecule has 0 spiro atoms. The summed E-state index contributed by atoms with van der Waals surface area (Å²) >= 11 is 0. The molecule has 2 heterocycles. The van der Waals surface area contributed by atoms with Gasteiger partial charge in [-0.05, 0) is 31.5 Å². The predicted molar refractivity (Wildman–Crippen MR) is 81.0 cm³/mol. The number of hydrogen-bond donors (Lipinski definition) is 1. The second kappa shape index (κ2) is 7.01. The minimum atomic E-state index is -0.630. The quantitative estimate of drug-likeness (QED) is 0.892. The van der Waals surface area contributed by atoms with Gasteiger partial charge in [0.15, 0.2) is 0 Å². The van der Waals surface area contributed by atoms with Crippen molar-refractivity contribution in [1.29, 1.82) is 0 Å². The number of nitrogens with one attached hydrogen (secondary N) is 1. The van der Waals surface area contributed by atoms with Gasteiger partial charge in [-0.25, -0.2) is 4.98 Å². The average Bonchev–Trinajstić information content (AvgIpc) is 2.46. The van der Waals surface area contributed by atoms with E-state index in [1.165, 1.54) is 5.56 Å². The molecule has 0 saturated carbocycles. The molecule has 1 aromatic rings. The van der Waals surface area contributed by atoms with Crippen LogP contribution < -0.4 is 10.2 Å². The van der Waals surface area contributed by atoms with Gasteiger partial charge in [0.05, 0.1) is 0 Å². The van der Waals surface area contributed by atoms with Crippen molar-refractivity contribution in [2.75, 3.05) is 36.0 Å². The van der Waals surface area contributed by atoms with Crippen molar-refractivity contribution in [1.82, 2.24) is 10.3 Å². The third-order valence-electron chi connectivity index (χ3n) is 3.47. The number of aromatic nitrogens is 1. The molecule has 1 aliphatic rings. The smallest absolute Gasteiger partial charge is 0.128 e. The molecule has 1 saturated heterocycles. The van der Waals surface area contributed by atoms with Crippen LogP contribution in [0.2, 0.25) is 0 Å². The average molecular weight is 281 g/mol. The zero-order chi connectivity index (χ0) is 13.7. The summed E-state index contributed by atoms with van der Waals surface area (Å²) in [6.45, 7) is 7.06. The first-order valence-electron chi connectivity index (χ1n) is 7.00. The van der Waals surface area contributed by atoms with E-state index in [0.29, 0.717) is 6.04 Å². The van der Waals surface area contributed by atoms with Crippen LogP contribution in [0.4, 0.5) is 5.82 Å². The van der Waals surface area contributed by atoms with Gasteiger partial charge < -0.3 is 10.2 Å². The van der Waals surface area contributed by atoms with Crippen LogP contribution in [0.15, 0.2) is 18.3 Å². The van der Waals surface area contributed by atoms with Gasteiger partial charge >= 0.3 is 0 Å². The van der Waals surface area contributed by atoms with Gasteiger partial charge in [0.2, 0.25) is 0 Å². The van der Waals surface area contributed by atoms with Gasteiger partial charge in [0.1, 0.15) is 5.82 Å². The molecule has 0 radical (unpaired) electrons. The molecule has 1 unspecified atom stereocenters. The molecule has 19 heavy (non-hydrogen) atoms. The van der Waals surface area contributed by atoms with E-state index in [1.54, 1.807) is 0 Å². The number of nitrogens with zero attached hydrogens (tertiary/aromatic N) is 2. The lowest BCUT2D eigenvalue weighted by Gasteiger charge is -2.27. The summed E-state index contributed by atoms with van der Waals surface area (Å²) in [6, 6.07) is 4.56. The Morgan fingerprint density at radius 1 is 1.42 bits per heavy atom. The van der Waals surface area contributed by atoms with Gasteiger partial charge in [0.25, 0.3) is 0 Å². The maximum atomic E-state index is 11.3. The van der Waals surface area contributed by atoms with E-state index < -0.39 is 10.8 Å². The minimum absolute atomic E-state index is 0.343. The Kier molecular flexibility index (Phi) is 5.34. The maximum Gasteiger partial charge on any atom is 0.128 e. The fourth-order valence-electron chi connectivity index (χ4n) is 2.19. The normalized spacial score (nSPS) is 18.5. The Bertz CT molecular complexity index is 411. The maximum absolute atomic E-state index is 11.3. The summed E-state index contributed by atoms with van der Waals surface area (Å²) < 4.78 is 11.3. The van der Waals surface area contributed by atoms with E-state index in [9.17, 15) is 4.21 Å². The summed E-state index contributed by atoms with van der Waals surface area (Å²) in [5.41, 5.74) is 1.22. The van der Waals surface area contributed by atoms with Crippen molar-refractivity contribution in [3.05, 3.63) is 23.9 Å². The molecule has 0 aromatic carbocycles. The van der Waals surface area contributed by atoms with Crippen LogP contribution in [0, 0.1) is 0 Å². The van der Waals surface area contributed by atoms with Crippen molar-refractivity contribution in [3.63, 3.8) is 0 Å². The van der Waals surface area contributed by atoms with E-state index in [-0.39, 0.29) is 0 Å². The molecule has 2 rings (SSSR count). The minimum Gasteiger partial charge on any atom is -0.355 e. The largest absolute Gasteiger partial charge is 0.355 e. The first-order chi connectivity index (χ1) is 9.20. The highest BCUT2D eigenvalue weighted by molar-refractivity contribution is 7.85. The summed E-state index contributed by atoms with van der Waals surface area (Å²) in [5.74, 6) is 2.53. The molecule has 0 aliphatic carbocycles. The molecular formula is C14H23N3OS. The summed E-state index contributed by atoms with van der Waals surface area (Å²) in [5, 5.41) is 3.46. The Labute approximate surface area is 118 Å². The van der Waals surface area contributed by atoms with Crippen molar-refractivity contribution in [2.24, 2.45) is 0 Å². The third-order valence-corrected chi connectivity index (χ3v) is 4.75. The van der Waals surface area contributed by atoms with Crippen LogP contribution in [-0.2, 0) is 10.8 Å². The molecular weight excluding hydrogens is 258 g/mol. The van der Waals surface area contributed by atoms with E-state index in [0.717, 1.165) is 43.4 Å². The Morgan fingerprint density at radius 3 is 2.74 bits per heavy atom. The van der Waals surface area contributed by atoms with Gasteiger partial charge in [-0.3, -0.25) is 4.21 Å². The highest BCUT2D eigenvalue weighted by atomic mass is 32.2. The molecule has 1 fully saturated rings. The van der Waals surface area contributed by atoms with Crippen LogP contribution in [0.3, 0.4) is 0 Å². The lowest BCUT2D eigenvalue weighted by atomic mass is 10.1. The SMILES string of the molecule is CCCNC(C)c1ccc(N2CCS(=O)CC2)nc1. The monoisotopic (exact) mass is 281 g/mol. The molecule has 4 nitrogen and oxygen atoms in total. The Balaban J connectivity index is 1.96. The zero-order valence-electron chi connectivity index (χ0n) is 11.8. The lowest BCUT2D eigenvalue weighted by Crippen LogP contribution is -2.38. The third kappa shape index (κ3) is 4.01. The van der Waals surface area contributed by atoms with Gasteiger partial charge in [-0.15, -0.1) is 0 Å². The first-order valence-corrected chi connectivity index (χ1v) is 8.48. The van der Waals surface area contributed by atoms with Gasteiger partial charge in [-0.1, -0.05) is 13.0 Å². The van der Waals surface area contributed by atoms with E-state index >= 15 is 0 Å². The van der Waals surface area contributed by atoms with E-state index in [4.69, 9.17) is 0 Å². The number of pyridine rings is 1. The van der Waals surface area contributed by atoms with Crippen LogP contribution in [0.5, 0.6) is 0 Å². The highest BCUT2D eigenvalue weighted by Crippen LogP contribution is 2.17. The number of anilines is 1. The van der Waals surface area contributed by atoms with Gasteiger partial charge in [-0.2, -0.15) is 0 Å². The van der Waals surface area contributed by atoms with Crippen LogP contribution in [0.1, 0.15) is 31.9 Å². The van der Waals surface area contributed by atoms with Crippen LogP contribution >= 0.6 is 0 Å².